The van der Waals surface area contributed by atoms with Crippen LogP contribution in [0.25, 0.3) is 0 Å². The molecule has 0 aromatic heterocycles. The van der Waals surface area contributed by atoms with Crippen LogP contribution in [0, 0.1) is 22.2 Å². The Kier molecular flexibility index (Phi) is 3.75. The van der Waals surface area contributed by atoms with E-state index in [1.807, 2.05) is 0 Å². The van der Waals surface area contributed by atoms with E-state index >= 15 is 0 Å². The summed E-state index contributed by atoms with van der Waals surface area (Å²) in [6, 6.07) is 8.57. The van der Waals surface area contributed by atoms with E-state index in [2.05, 4.69) is 57.3 Å². The first-order valence-electron chi connectivity index (χ1n) is 8.72. The molecule has 1 N–H and O–H groups in total. The highest BCUT2D eigenvalue weighted by molar-refractivity contribution is 6.01. The van der Waals surface area contributed by atoms with Crippen LogP contribution in [-0.2, 0) is 4.79 Å². The number of amides is 1. The second-order valence-corrected chi connectivity index (χ2v) is 7.90. The number of nitriles is 1. The molecule has 3 heteroatoms. The Balaban J connectivity index is 1.94. The number of rotatable bonds is 4. The Labute approximate surface area is 139 Å². The third-order valence-electron chi connectivity index (χ3n) is 5.88. The van der Waals surface area contributed by atoms with Gasteiger partial charge in [0.05, 0.1) is 6.07 Å². The van der Waals surface area contributed by atoms with Crippen molar-refractivity contribution in [3.8, 4) is 6.07 Å². The summed E-state index contributed by atoms with van der Waals surface area (Å²) in [5.74, 6) is 0.576. The number of nitrogens with one attached hydrogen (secondary N) is 1. The van der Waals surface area contributed by atoms with Crippen LogP contribution in [0.4, 0.5) is 5.69 Å². The highest BCUT2D eigenvalue weighted by Crippen LogP contribution is 2.74. The quantitative estimate of drug-likeness (QED) is 0.855. The van der Waals surface area contributed by atoms with E-state index in [1.54, 1.807) is 0 Å². The van der Waals surface area contributed by atoms with Gasteiger partial charge in [-0.15, -0.1) is 0 Å². The zero-order chi connectivity index (χ0) is 16.8. The number of carbonyl (C=O) groups excluding carboxylic acids is 1. The van der Waals surface area contributed by atoms with Gasteiger partial charge in [0.1, 0.15) is 5.41 Å². The lowest BCUT2D eigenvalue weighted by molar-refractivity contribution is -0.121. The van der Waals surface area contributed by atoms with E-state index < -0.39 is 5.41 Å². The molecule has 0 aliphatic heterocycles. The Morgan fingerprint density at radius 1 is 1.17 bits per heavy atom. The van der Waals surface area contributed by atoms with Gasteiger partial charge >= 0.3 is 0 Å². The van der Waals surface area contributed by atoms with Crippen molar-refractivity contribution in [2.75, 3.05) is 5.32 Å². The molecule has 1 atom stereocenters. The Hall–Kier alpha value is -1.82. The van der Waals surface area contributed by atoms with Crippen molar-refractivity contribution in [2.24, 2.45) is 10.8 Å². The van der Waals surface area contributed by atoms with Crippen LogP contribution in [0.15, 0.2) is 18.2 Å². The lowest BCUT2D eigenvalue weighted by Gasteiger charge is -2.29. The second kappa shape index (κ2) is 5.37. The van der Waals surface area contributed by atoms with E-state index in [-0.39, 0.29) is 11.3 Å². The van der Waals surface area contributed by atoms with Gasteiger partial charge in [0, 0.05) is 11.1 Å². The molecule has 1 spiro atoms. The average molecular weight is 310 g/mol. The molecule has 23 heavy (non-hydrogen) atoms. The van der Waals surface area contributed by atoms with Crippen molar-refractivity contribution in [2.45, 2.75) is 65.2 Å². The summed E-state index contributed by atoms with van der Waals surface area (Å²) in [4.78, 5) is 13.0. The smallest absolute Gasteiger partial charge is 0.245 e. The van der Waals surface area contributed by atoms with E-state index in [0.29, 0.717) is 11.8 Å². The van der Waals surface area contributed by atoms with Crippen molar-refractivity contribution in [3.63, 3.8) is 0 Å². The second-order valence-electron chi connectivity index (χ2n) is 7.90. The molecule has 0 bridgehead atoms. The van der Waals surface area contributed by atoms with Crippen LogP contribution < -0.4 is 5.32 Å². The van der Waals surface area contributed by atoms with Gasteiger partial charge in [-0.05, 0) is 42.2 Å². The van der Waals surface area contributed by atoms with E-state index in [4.69, 9.17) is 0 Å². The third-order valence-corrected chi connectivity index (χ3v) is 5.88. The number of para-hydroxylation sites is 1. The summed E-state index contributed by atoms with van der Waals surface area (Å²) >= 11 is 0. The molecular formula is C20H26N2O. The summed E-state index contributed by atoms with van der Waals surface area (Å²) < 4.78 is 0. The van der Waals surface area contributed by atoms with Crippen LogP contribution in [0.2, 0.25) is 0 Å². The fraction of sp³-hybridized carbons (Fsp3) is 0.600. The van der Waals surface area contributed by atoms with Crippen LogP contribution in [0.3, 0.4) is 0 Å². The monoisotopic (exact) mass is 310 g/mol. The summed E-state index contributed by atoms with van der Waals surface area (Å²) in [6.45, 7) is 8.55. The molecule has 3 rings (SSSR count). The highest BCUT2D eigenvalue weighted by Gasteiger charge is 2.74. The molecule has 2 fully saturated rings. The predicted molar refractivity (Wildman–Crippen MR) is 92.2 cm³/mol. The maximum absolute atomic E-state index is 13.0. The van der Waals surface area contributed by atoms with Crippen LogP contribution in [0.1, 0.15) is 76.3 Å². The van der Waals surface area contributed by atoms with E-state index in [0.717, 1.165) is 42.5 Å². The molecule has 1 unspecified atom stereocenters. The first-order chi connectivity index (χ1) is 10.9. The van der Waals surface area contributed by atoms with Gasteiger partial charge in [-0.1, -0.05) is 52.3 Å². The summed E-state index contributed by atoms with van der Waals surface area (Å²) in [5.41, 5.74) is 2.43. The lowest BCUT2D eigenvalue weighted by atomic mass is 9.75. The molecule has 0 radical (unpaired) electrons. The molecule has 0 heterocycles. The molecule has 3 nitrogen and oxygen atoms in total. The van der Waals surface area contributed by atoms with Gasteiger partial charge in [0.2, 0.25) is 5.91 Å². The zero-order valence-electron chi connectivity index (χ0n) is 14.6. The summed E-state index contributed by atoms with van der Waals surface area (Å²) in [6.07, 6.45) is 3.94. The van der Waals surface area contributed by atoms with Gasteiger partial charge in [-0.2, -0.15) is 5.26 Å². The lowest BCUT2D eigenvalue weighted by Crippen LogP contribution is -2.32. The Morgan fingerprint density at radius 3 is 2.09 bits per heavy atom. The summed E-state index contributed by atoms with van der Waals surface area (Å²) in [5, 5.41) is 12.8. The number of nitrogens with zero attached hydrogens (tertiary/aromatic N) is 1. The minimum atomic E-state index is -0.788. The topological polar surface area (TPSA) is 52.9 Å². The van der Waals surface area contributed by atoms with Crippen LogP contribution >= 0.6 is 0 Å². The van der Waals surface area contributed by atoms with Gasteiger partial charge in [-0.25, -0.2) is 0 Å². The first kappa shape index (κ1) is 16.1. The third kappa shape index (κ3) is 2.27. The van der Waals surface area contributed by atoms with Crippen molar-refractivity contribution in [3.05, 3.63) is 29.3 Å². The van der Waals surface area contributed by atoms with E-state index in [9.17, 15) is 10.1 Å². The molecule has 122 valence electrons. The fourth-order valence-corrected chi connectivity index (χ4v) is 4.12. The number of hydrogen-bond donors (Lipinski definition) is 1. The number of benzene rings is 1. The Morgan fingerprint density at radius 2 is 1.74 bits per heavy atom. The van der Waals surface area contributed by atoms with Gasteiger partial charge < -0.3 is 5.32 Å². The first-order valence-corrected chi connectivity index (χ1v) is 8.72. The summed E-state index contributed by atoms with van der Waals surface area (Å²) in [7, 11) is 0. The number of carbonyl (C=O) groups is 1. The maximum atomic E-state index is 13.0. The zero-order valence-corrected chi connectivity index (χ0v) is 14.6. The molecule has 1 aromatic carbocycles. The maximum Gasteiger partial charge on any atom is 0.245 e. The normalized spacial score (nSPS) is 24.4. The standard InChI is InChI=1S/C20H26N2O/c1-13(2)15-7-5-8-16(14(3)4)17(15)22-18(23)20(12-21)11-19(20)9-6-10-19/h5,7-8,13-14H,6,9-11H2,1-4H3,(H,22,23). The molecule has 2 aliphatic rings. The minimum Gasteiger partial charge on any atom is -0.324 e. The SMILES string of the molecule is CC(C)c1cccc(C(C)C)c1NC(=O)C1(C#N)CC12CCC2. The van der Waals surface area contributed by atoms with Crippen molar-refractivity contribution in [1.82, 2.24) is 0 Å². The van der Waals surface area contributed by atoms with Crippen molar-refractivity contribution >= 4 is 11.6 Å². The van der Waals surface area contributed by atoms with Crippen molar-refractivity contribution in [1.29, 1.82) is 5.26 Å². The highest BCUT2D eigenvalue weighted by atomic mass is 16.2. The largest absolute Gasteiger partial charge is 0.324 e. The molecule has 0 saturated heterocycles. The average Bonchev–Trinajstić information content (AvgIpc) is 3.18. The Bertz CT molecular complexity index is 653. The van der Waals surface area contributed by atoms with Crippen LogP contribution in [0.5, 0.6) is 0 Å². The van der Waals surface area contributed by atoms with Gasteiger partial charge in [0.25, 0.3) is 0 Å². The molecule has 1 aromatic rings. The molecule has 1 amide bonds. The number of hydrogen-bond acceptors (Lipinski definition) is 2. The minimum absolute atomic E-state index is 0.0173. The number of anilines is 1. The molecule has 2 aliphatic carbocycles. The van der Waals surface area contributed by atoms with Crippen LogP contribution in [-0.4, -0.2) is 5.91 Å². The fourth-order valence-electron chi connectivity index (χ4n) is 4.12. The molecule has 2 saturated carbocycles. The molecular weight excluding hydrogens is 284 g/mol. The van der Waals surface area contributed by atoms with Crippen molar-refractivity contribution < 1.29 is 4.79 Å². The van der Waals surface area contributed by atoms with Gasteiger partial charge in [0.15, 0.2) is 0 Å². The predicted octanol–water partition coefficient (Wildman–Crippen LogP) is 4.96. The van der Waals surface area contributed by atoms with E-state index in [1.165, 1.54) is 0 Å². The van der Waals surface area contributed by atoms with Gasteiger partial charge in [-0.3, -0.25) is 4.79 Å².